The largest absolute Gasteiger partial charge is 0.465 e. The lowest BCUT2D eigenvalue weighted by atomic mass is 9.90. The van der Waals surface area contributed by atoms with Crippen LogP contribution in [-0.4, -0.2) is 36.5 Å². The van der Waals surface area contributed by atoms with Gasteiger partial charge in [0.15, 0.2) is 6.61 Å². The highest BCUT2D eigenvalue weighted by Crippen LogP contribution is 2.29. The van der Waals surface area contributed by atoms with Gasteiger partial charge in [0, 0.05) is 16.8 Å². The number of anilines is 1. The summed E-state index contributed by atoms with van der Waals surface area (Å²) in [6.07, 6.45) is 3.65. The lowest BCUT2D eigenvalue weighted by molar-refractivity contribution is -0.119. The molecule has 7 nitrogen and oxygen atoms in total. The molecule has 0 atom stereocenters. The average molecular weight is 418 g/mol. The van der Waals surface area contributed by atoms with E-state index in [2.05, 4.69) is 10.1 Å². The van der Waals surface area contributed by atoms with E-state index in [1.165, 1.54) is 7.11 Å². The van der Waals surface area contributed by atoms with Gasteiger partial charge in [-0.3, -0.25) is 9.78 Å². The number of aromatic nitrogens is 1. The molecule has 1 N–H and O–H groups in total. The van der Waals surface area contributed by atoms with E-state index >= 15 is 0 Å². The Morgan fingerprint density at radius 1 is 0.968 bits per heavy atom. The van der Waals surface area contributed by atoms with Crippen LogP contribution in [-0.2, 0) is 27.1 Å². The van der Waals surface area contributed by atoms with E-state index in [-0.39, 0.29) is 0 Å². The molecule has 0 saturated heterocycles. The maximum absolute atomic E-state index is 13.0. The van der Waals surface area contributed by atoms with E-state index in [9.17, 15) is 14.4 Å². The highest BCUT2D eigenvalue weighted by molar-refractivity contribution is 6.06. The maximum atomic E-state index is 13.0. The van der Waals surface area contributed by atoms with Gasteiger partial charge in [0.05, 0.1) is 23.8 Å². The number of benzene rings is 2. The molecule has 0 spiro atoms. The number of ether oxygens (including phenoxy) is 2. The van der Waals surface area contributed by atoms with Crippen LogP contribution in [0.5, 0.6) is 0 Å². The van der Waals surface area contributed by atoms with Crippen LogP contribution >= 0.6 is 0 Å². The summed E-state index contributed by atoms with van der Waals surface area (Å²) in [6.45, 7) is -0.414. The van der Waals surface area contributed by atoms with Crippen molar-refractivity contribution in [2.75, 3.05) is 19.0 Å². The first-order chi connectivity index (χ1) is 15.1. The minimum atomic E-state index is -0.520. The Morgan fingerprint density at radius 3 is 2.48 bits per heavy atom. The highest BCUT2D eigenvalue weighted by Gasteiger charge is 2.24. The van der Waals surface area contributed by atoms with E-state index in [4.69, 9.17) is 9.72 Å². The van der Waals surface area contributed by atoms with Gasteiger partial charge in [-0.25, -0.2) is 9.59 Å². The van der Waals surface area contributed by atoms with Crippen molar-refractivity contribution in [3.8, 4) is 0 Å². The van der Waals surface area contributed by atoms with Gasteiger partial charge in [-0.15, -0.1) is 0 Å². The van der Waals surface area contributed by atoms with Crippen LogP contribution in [0.2, 0.25) is 0 Å². The van der Waals surface area contributed by atoms with E-state index in [1.54, 1.807) is 24.3 Å². The van der Waals surface area contributed by atoms with E-state index in [0.717, 1.165) is 47.8 Å². The number of amides is 1. The number of hydrogen-bond donors (Lipinski definition) is 1. The first kappa shape index (κ1) is 20.5. The third-order valence-corrected chi connectivity index (χ3v) is 5.30. The van der Waals surface area contributed by atoms with E-state index in [1.807, 2.05) is 24.3 Å². The lowest BCUT2D eigenvalue weighted by Gasteiger charge is -2.19. The topological polar surface area (TPSA) is 94.6 Å². The van der Waals surface area contributed by atoms with Crippen LogP contribution in [0.3, 0.4) is 0 Å². The van der Waals surface area contributed by atoms with Crippen LogP contribution in [0.4, 0.5) is 5.69 Å². The predicted molar refractivity (Wildman–Crippen MR) is 115 cm³/mol. The molecule has 0 aliphatic heterocycles. The Balaban J connectivity index is 1.47. The summed E-state index contributed by atoms with van der Waals surface area (Å²) in [5.74, 6) is -1.45. The third kappa shape index (κ3) is 4.40. The number of carbonyl (C=O) groups is 3. The number of nitrogens with zero attached hydrogens (tertiary/aromatic N) is 1. The fourth-order valence-electron chi connectivity index (χ4n) is 3.81. The molecule has 7 heteroatoms. The fourth-order valence-corrected chi connectivity index (χ4v) is 3.81. The first-order valence-corrected chi connectivity index (χ1v) is 10.1. The number of aryl methyl sites for hydroxylation is 1. The van der Waals surface area contributed by atoms with Gasteiger partial charge < -0.3 is 14.8 Å². The van der Waals surface area contributed by atoms with Gasteiger partial charge in [-0.05, 0) is 61.6 Å². The van der Waals surface area contributed by atoms with Crippen molar-refractivity contribution >= 4 is 34.4 Å². The zero-order valence-electron chi connectivity index (χ0n) is 17.1. The minimum Gasteiger partial charge on any atom is -0.465 e. The molecule has 1 aliphatic rings. The molecular formula is C24H22N2O5. The summed E-state index contributed by atoms with van der Waals surface area (Å²) in [7, 11) is 1.30. The first-order valence-electron chi connectivity index (χ1n) is 10.1. The van der Waals surface area contributed by atoms with Crippen LogP contribution in [0.1, 0.15) is 44.8 Å². The SMILES string of the molecule is COC(=O)c1ccc(NC(=O)COC(=O)c2c3c(nc4ccccc24)CCCC3)cc1. The number of hydrogen-bond acceptors (Lipinski definition) is 6. The number of para-hydroxylation sites is 1. The smallest absolute Gasteiger partial charge is 0.339 e. The maximum Gasteiger partial charge on any atom is 0.339 e. The van der Waals surface area contributed by atoms with Crippen LogP contribution in [0.25, 0.3) is 10.9 Å². The molecule has 31 heavy (non-hydrogen) atoms. The number of rotatable bonds is 5. The summed E-state index contributed by atoms with van der Waals surface area (Å²) in [5, 5.41) is 3.39. The van der Waals surface area contributed by atoms with Crippen LogP contribution in [0.15, 0.2) is 48.5 Å². The van der Waals surface area contributed by atoms with Crippen molar-refractivity contribution in [3.63, 3.8) is 0 Å². The molecule has 0 radical (unpaired) electrons. The molecule has 4 rings (SSSR count). The normalized spacial score (nSPS) is 12.7. The van der Waals surface area contributed by atoms with Crippen molar-refractivity contribution in [3.05, 3.63) is 70.9 Å². The lowest BCUT2D eigenvalue weighted by Crippen LogP contribution is -2.22. The van der Waals surface area contributed by atoms with Gasteiger partial charge in [-0.1, -0.05) is 18.2 Å². The monoisotopic (exact) mass is 418 g/mol. The number of carbonyl (C=O) groups excluding carboxylic acids is 3. The summed E-state index contributed by atoms with van der Waals surface area (Å²) >= 11 is 0. The quantitative estimate of drug-likeness (QED) is 0.635. The second-order valence-electron chi connectivity index (χ2n) is 7.33. The Hall–Kier alpha value is -3.74. The Kier molecular flexibility index (Phi) is 5.93. The molecule has 158 valence electrons. The van der Waals surface area contributed by atoms with Crippen molar-refractivity contribution in [2.45, 2.75) is 25.7 Å². The van der Waals surface area contributed by atoms with E-state index in [0.29, 0.717) is 16.8 Å². The molecular weight excluding hydrogens is 396 g/mol. The van der Waals surface area contributed by atoms with E-state index < -0.39 is 24.5 Å². The van der Waals surface area contributed by atoms with Gasteiger partial charge in [0.1, 0.15) is 0 Å². The number of methoxy groups -OCH3 is 1. The molecule has 1 amide bonds. The van der Waals surface area contributed by atoms with Gasteiger partial charge in [0.25, 0.3) is 5.91 Å². The molecule has 0 bridgehead atoms. The Morgan fingerprint density at radius 2 is 1.71 bits per heavy atom. The van der Waals surface area contributed by atoms with Crippen LogP contribution < -0.4 is 5.32 Å². The molecule has 0 fully saturated rings. The number of pyridine rings is 1. The summed E-state index contributed by atoms with van der Waals surface area (Å²) in [5.41, 5.74) is 3.99. The summed E-state index contributed by atoms with van der Waals surface area (Å²) in [4.78, 5) is 41.4. The number of fused-ring (bicyclic) bond motifs is 2. The second-order valence-corrected chi connectivity index (χ2v) is 7.33. The molecule has 1 aliphatic carbocycles. The van der Waals surface area contributed by atoms with Crippen LogP contribution in [0, 0.1) is 0 Å². The predicted octanol–water partition coefficient (Wildman–Crippen LogP) is 3.70. The number of nitrogens with one attached hydrogen (secondary N) is 1. The zero-order valence-corrected chi connectivity index (χ0v) is 17.1. The molecule has 1 aromatic heterocycles. The molecule has 0 unspecified atom stereocenters. The highest BCUT2D eigenvalue weighted by atomic mass is 16.5. The van der Waals surface area contributed by atoms with Crippen molar-refractivity contribution in [1.29, 1.82) is 0 Å². The molecule has 3 aromatic rings. The Bertz CT molecular complexity index is 1150. The average Bonchev–Trinajstić information content (AvgIpc) is 2.81. The van der Waals surface area contributed by atoms with Crippen molar-refractivity contribution < 1.29 is 23.9 Å². The standard InChI is InChI=1S/C24H22N2O5/c1-30-23(28)15-10-12-16(13-11-15)25-21(27)14-31-24(29)22-17-6-2-4-8-19(17)26-20-9-5-3-7-18(20)22/h2,4,6,8,10-13H,3,5,7,9,14H2,1H3,(H,25,27). The van der Waals surface area contributed by atoms with Crippen molar-refractivity contribution in [1.82, 2.24) is 4.98 Å². The molecule has 1 heterocycles. The summed E-state index contributed by atoms with van der Waals surface area (Å²) < 4.78 is 10.0. The van der Waals surface area contributed by atoms with Gasteiger partial charge in [0.2, 0.25) is 0 Å². The van der Waals surface area contributed by atoms with Crippen molar-refractivity contribution in [2.24, 2.45) is 0 Å². The zero-order chi connectivity index (χ0) is 21.8. The molecule has 2 aromatic carbocycles. The third-order valence-electron chi connectivity index (χ3n) is 5.30. The number of esters is 2. The second kappa shape index (κ2) is 8.95. The van der Waals surface area contributed by atoms with Gasteiger partial charge in [-0.2, -0.15) is 0 Å². The molecule has 0 saturated carbocycles. The van der Waals surface area contributed by atoms with Gasteiger partial charge >= 0.3 is 11.9 Å². The Labute approximate surface area is 179 Å². The minimum absolute atomic E-state index is 0.376. The fraction of sp³-hybridized carbons (Fsp3) is 0.250. The summed E-state index contributed by atoms with van der Waals surface area (Å²) in [6, 6.07) is 13.7.